The first-order valence-corrected chi connectivity index (χ1v) is 11.1. The number of nitrogens with zero attached hydrogens (tertiary/aromatic N) is 3. The van der Waals surface area contributed by atoms with Crippen LogP contribution in [0.5, 0.6) is 5.75 Å². The number of hydrogen-bond donors (Lipinski definition) is 1. The molecule has 172 valence electrons. The molecule has 2 aromatic carbocycles. The maximum Gasteiger partial charge on any atom is 0.304 e. The third kappa shape index (κ3) is 4.94. The Morgan fingerprint density at radius 2 is 1.82 bits per heavy atom. The Kier molecular flexibility index (Phi) is 6.65. The van der Waals surface area contributed by atoms with Crippen LogP contribution in [-0.2, 0) is 11.4 Å². The van der Waals surface area contributed by atoms with Gasteiger partial charge >= 0.3 is 5.97 Å². The molecule has 0 spiro atoms. The molecular weight excluding hydrogens is 426 g/mol. The topological polar surface area (TPSA) is 76.7 Å². The Balaban J connectivity index is 1.61. The molecule has 0 aliphatic rings. The van der Waals surface area contributed by atoms with Gasteiger partial charge in [-0.2, -0.15) is 5.10 Å². The zero-order chi connectivity index (χ0) is 24.2. The molecule has 0 fully saturated rings. The standard InChI is InChI=1S/C28H27N3O3/c1-5-7-23(15-26(32)33)22-10-12-24(13-11-22)34-17-21-14-25(27-18(2)8-6-9-19(27)3)28-29-20(4)30-31(28)16-21/h6,8-14,16,23H,15,17H2,1-4H3,(H,32,33). The highest BCUT2D eigenvalue weighted by molar-refractivity contribution is 5.82. The number of benzene rings is 2. The smallest absolute Gasteiger partial charge is 0.304 e. The molecule has 1 N–H and O–H groups in total. The number of aryl methyl sites for hydroxylation is 3. The average Bonchev–Trinajstić information content (AvgIpc) is 3.17. The van der Waals surface area contributed by atoms with Crippen molar-refractivity contribution < 1.29 is 14.6 Å². The number of hydrogen-bond acceptors (Lipinski definition) is 4. The van der Waals surface area contributed by atoms with Gasteiger partial charge in [-0.25, -0.2) is 9.50 Å². The summed E-state index contributed by atoms with van der Waals surface area (Å²) in [5.74, 6) is 6.00. The lowest BCUT2D eigenvalue weighted by Crippen LogP contribution is -2.05. The molecule has 0 bridgehead atoms. The summed E-state index contributed by atoms with van der Waals surface area (Å²) in [6.07, 6.45) is 1.92. The highest BCUT2D eigenvalue weighted by Gasteiger charge is 2.15. The minimum Gasteiger partial charge on any atom is -0.489 e. The first-order chi connectivity index (χ1) is 16.4. The van der Waals surface area contributed by atoms with Crippen molar-refractivity contribution in [2.24, 2.45) is 0 Å². The first kappa shape index (κ1) is 23.1. The fraction of sp³-hybridized carbons (Fsp3) is 0.250. The molecule has 34 heavy (non-hydrogen) atoms. The molecule has 0 aliphatic carbocycles. The van der Waals surface area contributed by atoms with Gasteiger partial charge in [0.05, 0.1) is 12.3 Å². The molecule has 1 atom stereocenters. The zero-order valence-corrected chi connectivity index (χ0v) is 19.8. The highest BCUT2D eigenvalue weighted by atomic mass is 16.5. The number of pyridine rings is 1. The van der Waals surface area contributed by atoms with Crippen LogP contribution in [0.15, 0.2) is 54.7 Å². The summed E-state index contributed by atoms with van der Waals surface area (Å²) in [5.41, 5.74) is 7.21. The molecule has 0 saturated carbocycles. The van der Waals surface area contributed by atoms with Crippen LogP contribution in [0.4, 0.5) is 0 Å². The van der Waals surface area contributed by atoms with Crippen molar-refractivity contribution in [2.75, 3.05) is 0 Å². The molecule has 0 radical (unpaired) electrons. The van der Waals surface area contributed by atoms with Gasteiger partial charge < -0.3 is 9.84 Å². The van der Waals surface area contributed by atoms with Gasteiger partial charge in [0, 0.05) is 17.3 Å². The largest absolute Gasteiger partial charge is 0.489 e. The molecule has 2 aromatic heterocycles. The summed E-state index contributed by atoms with van der Waals surface area (Å²) in [6, 6.07) is 15.8. The molecular formula is C28H27N3O3. The number of rotatable bonds is 7. The van der Waals surface area contributed by atoms with Crippen LogP contribution in [-0.4, -0.2) is 25.7 Å². The number of fused-ring (bicyclic) bond motifs is 1. The van der Waals surface area contributed by atoms with Gasteiger partial charge in [0.25, 0.3) is 0 Å². The summed E-state index contributed by atoms with van der Waals surface area (Å²) in [6.45, 7) is 8.17. The Morgan fingerprint density at radius 1 is 1.12 bits per heavy atom. The molecule has 4 rings (SSSR count). The number of aliphatic carboxylic acids is 1. The van der Waals surface area contributed by atoms with Gasteiger partial charge in [-0.3, -0.25) is 4.79 Å². The minimum atomic E-state index is -0.869. The van der Waals surface area contributed by atoms with Crippen molar-refractivity contribution >= 4 is 11.6 Å². The minimum absolute atomic E-state index is 0.0283. The lowest BCUT2D eigenvalue weighted by molar-refractivity contribution is -0.137. The summed E-state index contributed by atoms with van der Waals surface area (Å²) < 4.78 is 7.88. The quantitative estimate of drug-likeness (QED) is 0.375. The predicted molar refractivity (Wildman–Crippen MR) is 132 cm³/mol. The second-order valence-electron chi connectivity index (χ2n) is 8.36. The predicted octanol–water partition coefficient (Wildman–Crippen LogP) is 5.48. The lowest BCUT2D eigenvalue weighted by atomic mass is 9.95. The van der Waals surface area contributed by atoms with Gasteiger partial charge in [0.15, 0.2) is 5.65 Å². The van der Waals surface area contributed by atoms with Gasteiger partial charge in [-0.05, 0) is 68.1 Å². The van der Waals surface area contributed by atoms with E-state index in [1.54, 1.807) is 6.92 Å². The molecule has 0 saturated heterocycles. The van der Waals surface area contributed by atoms with E-state index in [1.165, 1.54) is 11.1 Å². The van der Waals surface area contributed by atoms with E-state index in [1.807, 2.05) is 41.9 Å². The van der Waals surface area contributed by atoms with Crippen molar-refractivity contribution in [3.63, 3.8) is 0 Å². The third-order valence-corrected chi connectivity index (χ3v) is 5.73. The van der Waals surface area contributed by atoms with Crippen LogP contribution in [0.1, 0.15) is 47.3 Å². The van der Waals surface area contributed by atoms with Crippen molar-refractivity contribution in [2.45, 2.75) is 46.6 Å². The highest BCUT2D eigenvalue weighted by Crippen LogP contribution is 2.31. The van der Waals surface area contributed by atoms with E-state index in [0.29, 0.717) is 18.2 Å². The van der Waals surface area contributed by atoms with Crippen LogP contribution < -0.4 is 4.74 Å². The van der Waals surface area contributed by atoms with E-state index in [9.17, 15) is 4.79 Å². The molecule has 0 amide bonds. The maximum absolute atomic E-state index is 11.1. The summed E-state index contributed by atoms with van der Waals surface area (Å²) in [7, 11) is 0. The van der Waals surface area contributed by atoms with E-state index in [-0.39, 0.29) is 12.3 Å². The lowest BCUT2D eigenvalue weighted by Gasteiger charge is -2.14. The summed E-state index contributed by atoms with van der Waals surface area (Å²) in [5, 5.41) is 13.7. The van der Waals surface area contributed by atoms with Gasteiger partial charge in [0.2, 0.25) is 0 Å². The van der Waals surface area contributed by atoms with Gasteiger partial charge in [0.1, 0.15) is 18.2 Å². The normalized spacial score (nSPS) is 11.6. The monoisotopic (exact) mass is 453 g/mol. The SMILES string of the molecule is CC#CC(CC(=O)O)c1ccc(OCc2cc(-c3c(C)cccc3C)c3nc(C)nn3c2)cc1. The fourth-order valence-corrected chi connectivity index (χ4v) is 4.21. The van der Waals surface area contributed by atoms with Crippen molar-refractivity contribution in [3.8, 4) is 28.7 Å². The summed E-state index contributed by atoms with van der Waals surface area (Å²) in [4.78, 5) is 15.8. The van der Waals surface area contributed by atoms with Crippen molar-refractivity contribution in [1.29, 1.82) is 0 Å². The van der Waals surface area contributed by atoms with Crippen LogP contribution in [0.25, 0.3) is 16.8 Å². The molecule has 0 aliphatic heterocycles. The summed E-state index contributed by atoms with van der Waals surface area (Å²) >= 11 is 0. The molecule has 1 unspecified atom stereocenters. The third-order valence-electron chi connectivity index (χ3n) is 5.73. The Hall–Kier alpha value is -4.11. The van der Waals surface area contributed by atoms with Crippen molar-refractivity contribution in [3.05, 3.63) is 82.8 Å². The average molecular weight is 454 g/mol. The second kappa shape index (κ2) is 9.80. The maximum atomic E-state index is 11.1. The number of aromatic nitrogens is 3. The molecule has 6 heteroatoms. The Bertz CT molecular complexity index is 1390. The number of ether oxygens (including phenoxy) is 1. The van der Waals surface area contributed by atoms with Gasteiger partial charge in [-0.1, -0.05) is 36.3 Å². The second-order valence-corrected chi connectivity index (χ2v) is 8.36. The van der Waals surface area contributed by atoms with Crippen LogP contribution >= 0.6 is 0 Å². The van der Waals surface area contributed by atoms with E-state index in [0.717, 1.165) is 27.9 Å². The Morgan fingerprint density at radius 3 is 2.47 bits per heavy atom. The van der Waals surface area contributed by atoms with Crippen LogP contribution in [0.2, 0.25) is 0 Å². The molecule has 6 nitrogen and oxygen atoms in total. The van der Waals surface area contributed by atoms with Crippen LogP contribution in [0.3, 0.4) is 0 Å². The van der Waals surface area contributed by atoms with E-state index < -0.39 is 5.97 Å². The number of carboxylic acids is 1. The molecule has 4 aromatic rings. The zero-order valence-electron chi connectivity index (χ0n) is 19.8. The van der Waals surface area contributed by atoms with E-state index >= 15 is 0 Å². The van der Waals surface area contributed by atoms with Crippen molar-refractivity contribution in [1.82, 2.24) is 14.6 Å². The number of carbonyl (C=O) groups is 1. The Labute approximate surface area is 199 Å². The number of carboxylic acid groups (broad SMARTS) is 1. The van der Waals surface area contributed by atoms with Crippen LogP contribution in [0, 0.1) is 32.6 Å². The first-order valence-electron chi connectivity index (χ1n) is 11.1. The van der Waals surface area contributed by atoms with E-state index in [2.05, 4.69) is 60.0 Å². The fourth-order valence-electron chi connectivity index (χ4n) is 4.21. The van der Waals surface area contributed by atoms with E-state index in [4.69, 9.17) is 9.84 Å². The molecule has 2 heterocycles. The van der Waals surface area contributed by atoms with Gasteiger partial charge in [-0.15, -0.1) is 5.92 Å².